The molecule has 0 spiro atoms. The standard InChI is InChI=1S/C23H25N5O3/c1-14(2)28-19-10-6-5-9-17(19)25-20(28)13-24-21(29)12-11-18-23(31)26-16-8-4-3-7-15(16)22(30)27-18/h3-10,14,18H,11-13H2,1-2H3,(H,24,29)(H,26,31)(H,27,30). The number of para-hydroxylation sites is 3. The van der Waals surface area contributed by atoms with Gasteiger partial charge in [0, 0.05) is 12.5 Å². The molecule has 31 heavy (non-hydrogen) atoms. The summed E-state index contributed by atoms with van der Waals surface area (Å²) < 4.78 is 2.10. The van der Waals surface area contributed by atoms with Crippen LogP contribution in [0, 0.1) is 0 Å². The molecular formula is C23H25N5O3. The smallest absolute Gasteiger partial charge is 0.254 e. The summed E-state index contributed by atoms with van der Waals surface area (Å²) in [6.45, 7) is 4.44. The molecule has 0 bridgehead atoms. The van der Waals surface area contributed by atoms with Gasteiger partial charge in [0.05, 0.1) is 28.8 Å². The van der Waals surface area contributed by atoms with Crippen LogP contribution in [-0.2, 0) is 16.1 Å². The van der Waals surface area contributed by atoms with Crippen molar-refractivity contribution in [3.8, 4) is 0 Å². The van der Waals surface area contributed by atoms with E-state index in [9.17, 15) is 14.4 Å². The Morgan fingerprint density at radius 3 is 2.68 bits per heavy atom. The molecule has 0 aliphatic carbocycles. The lowest BCUT2D eigenvalue weighted by Gasteiger charge is -2.15. The minimum absolute atomic E-state index is 0.108. The molecule has 0 saturated heterocycles. The summed E-state index contributed by atoms with van der Waals surface area (Å²) in [5.41, 5.74) is 2.80. The van der Waals surface area contributed by atoms with Crippen LogP contribution in [0.1, 0.15) is 48.9 Å². The van der Waals surface area contributed by atoms with Gasteiger partial charge in [0.15, 0.2) is 0 Å². The number of imidazole rings is 1. The van der Waals surface area contributed by atoms with Crippen LogP contribution < -0.4 is 16.0 Å². The molecule has 8 heteroatoms. The summed E-state index contributed by atoms with van der Waals surface area (Å²) in [4.78, 5) is 41.9. The minimum Gasteiger partial charge on any atom is -0.349 e. The van der Waals surface area contributed by atoms with Crippen molar-refractivity contribution in [1.29, 1.82) is 0 Å². The van der Waals surface area contributed by atoms with E-state index >= 15 is 0 Å². The number of carbonyl (C=O) groups excluding carboxylic acids is 3. The number of benzene rings is 2. The second kappa shape index (κ2) is 8.59. The highest BCUT2D eigenvalue weighted by atomic mass is 16.2. The third-order valence-electron chi connectivity index (χ3n) is 5.34. The first-order valence-corrected chi connectivity index (χ1v) is 10.4. The number of nitrogens with zero attached hydrogens (tertiary/aromatic N) is 2. The molecule has 3 N–H and O–H groups in total. The van der Waals surface area contributed by atoms with Gasteiger partial charge in [0.1, 0.15) is 11.9 Å². The summed E-state index contributed by atoms with van der Waals surface area (Å²) >= 11 is 0. The number of anilines is 1. The van der Waals surface area contributed by atoms with Crippen LogP contribution in [-0.4, -0.2) is 33.3 Å². The molecule has 1 aliphatic heterocycles. The molecule has 0 radical (unpaired) electrons. The largest absolute Gasteiger partial charge is 0.349 e. The van der Waals surface area contributed by atoms with E-state index in [0.717, 1.165) is 16.9 Å². The Balaban J connectivity index is 1.37. The zero-order valence-electron chi connectivity index (χ0n) is 17.5. The van der Waals surface area contributed by atoms with Gasteiger partial charge < -0.3 is 20.5 Å². The van der Waals surface area contributed by atoms with E-state index in [1.165, 1.54) is 0 Å². The first-order valence-electron chi connectivity index (χ1n) is 10.4. The summed E-state index contributed by atoms with van der Waals surface area (Å²) in [6, 6.07) is 14.1. The van der Waals surface area contributed by atoms with Crippen molar-refractivity contribution in [2.75, 3.05) is 5.32 Å². The van der Waals surface area contributed by atoms with Gasteiger partial charge >= 0.3 is 0 Å². The van der Waals surface area contributed by atoms with Crippen molar-refractivity contribution in [3.63, 3.8) is 0 Å². The zero-order chi connectivity index (χ0) is 22.0. The maximum Gasteiger partial charge on any atom is 0.254 e. The number of rotatable bonds is 6. The summed E-state index contributed by atoms with van der Waals surface area (Å²) in [7, 11) is 0. The van der Waals surface area contributed by atoms with E-state index < -0.39 is 6.04 Å². The molecule has 1 aromatic heterocycles. The van der Waals surface area contributed by atoms with Crippen LogP contribution in [0.25, 0.3) is 11.0 Å². The Morgan fingerprint density at radius 1 is 1.13 bits per heavy atom. The van der Waals surface area contributed by atoms with Crippen LogP contribution in [0.4, 0.5) is 5.69 Å². The number of hydrogen-bond acceptors (Lipinski definition) is 4. The predicted octanol–water partition coefficient (Wildman–Crippen LogP) is 2.76. The Labute approximate surface area is 180 Å². The molecule has 3 aromatic rings. The number of hydrogen-bond donors (Lipinski definition) is 3. The Hall–Kier alpha value is -3.68. The number of aromatic nitrogens is 2. The van der Waals surface area contributed by atoms with Gasteiger partial charge in [-0.2, -0.15) is 0 Å². The van der Waals surface area contributed by atoms with E-state index in [1.54, 1.807) is 24.3 Å². The second-order valence-electron chi connectivity index (χ2n) is 7.86. The highest BCUT2D eigenvalue weighted by molar-refractivity contribution is 6.09. The molecule has 8 nitrogen and oxygen atoms in total. The van der Waals surface area contributed by atoms with Crippen LogP contribution in [0.15, 0.2) is 48.5 Å². The lowest BCUT2D eigenvalue weighted by atomic mass is 10.1. The Kier molecular flexibility index (Phi) is 5.70. The summed E-state index contributed by atoms with van der Waals surface area (Å²) in [5.74, 6) is -0.0793. The van der Waals surface area contributed by atoms with Gasteiger partial charge in [0.25, 0.3) is 5.91 Å². The minimum atomic E-state index is -0.772. The van der Waals surface area contributed by atoms with Crippen molar-refractivity contribution in [1.82, 2.24) is 20.2 Å². The van der Waals surface area contributed by atoms with E-state index in [0.29, 0.717) is 17.8 Å². The van der Waals surface area contributed by atoms with Crippen LogP contribution in [0.2, 0.25) is 0 Å². The number of carbonyl (C=O) groups is 3. The Bertz CT molecular complexity index is 1150. The highest BCUT2D eigenvalue weighted by Crippen LogP contribution is 2.21. The monoisotopic (exact) mass is 419 g/mol. The predicted molar refractivity (Wildman–Crippen MR) is 118 cm³/mol. The Morgan fingerprint density at radius 2 is 1.87 bits per heavy atom. The summed E-state index contributed by atoms with van der Waals surface area (Å²) in [6.07, 6.45) is 0.314. The number of amides is 3. The van der Waals surface area contributed by atoms with Crippen molar-refractivity contribution >= 4 is 34.4 Å². The molecule has 3 amide bonds. The zero-order valence-corrected chi connectivity index (χ0v) is 17.5. The fourth-order valence-electron chi connectivity index (χ4n) is 3.85. The topological polar surface area (TPSA) is 105 Å². The van der Waals surface area contributed by atoms with Gasteiger partial charge in [-0.1, -0.05) is 24.3 Å². The van der Waals surface area contributed by atoms with E-state index in [-0.39, 0.29) is 36.6 Å². The van der Waals surface area contributed by atoms with E-state index in [1.807, 2.05) is 24.3 Å². The van der Waals surface area contributed by atoms with Gasteiger partial charge in [-0.05, 0) is 44.5 Å². The molecule has 1 unspecified atom stereocenters. The number of fused-ring (bicyclic) bond motifs is 2. The lowest BCUT2D eigenvalue weighted by Crippen LogP contribution is -2.42. The molecule has 2 aromatic carbocycles. The normalized spacial score (nSPS) is 15.9. The third-order valence-corrected chi connectivity index (χ3v) is 5.34. The van der Waals surface area contributed by atoms with Crippen molar-refractivity contribution in [2.45, 2.75) is 45.3 Å². The first kappa shape index (κ1) is 20.6. The SMILES string of the molecule is CC(C)n1c(CNC(=O)CCC2NC(=O)c3ccccc3NC2=O)nc2ccccc21. The molecule has 1 atom stereocenters. The highest BCUT2D eigenvalue weighted by Gasteiger charge is 2.27. The fourth-order valence-corrected chi connectivity index (χ4v) is 3.85. The molecule has 4 rings (SSSR count). The van der Waals surface area contributed by atoms with E-state index in [4.69, 9.17) is 0 Å². The average molecular weight is 419 g/mol. The van der Waals surface area contributed by atoms with E-state index in [2.05, 4.69) is 39.3 Å². The van der Waals surface area contributed by atoms with Crippen molar-refractivity contribution < 1.29 is 14.4 Å². The summed E-state index contributed by atoms with van der Waals surface area (Å²) in [5, 5.41) is 8.35. The molecule has 1 aliphatic rings. The van der Waals surface area contributed by atoms with Gasteiger partial charge in [-0.15, -0.1) is 0 Å². The van der Waals surface area contributed by atoms with Crippen LogP contribution in [0.3, 0.4) is 0 Å². The molecule has 0 saturated carbocycles. The lowest BCUT2D eigenvalue weighted by molar-refractivity contribution is -0.122. The first-order chi connectivity index (χ1) is 14.9. The molecular weight excluding hydrogens is 394 g/mol. The quantitative estimate of drug-likeness (QED) is 0.571. The van der Waals surface area contributed by atoms with Gasteiger partial charge in [0.2, 0.25) is 11.8 Å². The second-order valence-corrected chi connectivity index (χ2v) is 7.86. The van der Waals surface area contributed by atoms with Crippen LogP contribution in [0.5, 0.6) is 0 Å². The third kappa shape index (κ3) is 4.28. The molecule has 160 valence electrons. The maximum absolute atomic E-state index is 12.5. The van der Waals surface area contributed by atoms with Gasteiger partial charge in [-0.25, -0.2) is 4.98 Å². The maximum atomic E-state index is 12.5. The molecule has 2 heterocycles. The van der Waals surface area contributed by atoms with Crippen molar-refractivity contribution in [3.05, 3.63) is 59.9 Å². The average Bonchev–Trinajstić information content (AvgIpc) is 3.08. The fraction of sp³-hybridized carbons (Fsp3) is 0.304. The van der Waals surface area contributed by atoms with Crippen LogP contribution >= 0.6 is 0 Å². The number of nitrogens with one attached hydrogen (secondary N) is 3. The van der Waals surface area contributed by atoms with Gasteiger partial charge in [-0.3, -0.25) is 14.4 Å². The molecule has 0 fully saturated rings. The van der Waals surface area contributed by atoms with Crippen molar-refractivity contribution in [2.24, 2.45) is 0 Å².